The van der Waals surface area contributed by atoms with E-state index < -0.39 is 22.4 Å². The van der Waals surface area contributed by atoms with Crippen LogP contribution in [0.25, 0.3) is 0 Å². The summed E-state index contributed by atoms with van der Waals surface area (Å²) in [5.41, 5.74) is -1.36. The molecule has 0 bridgehead atoms. The molecule has 0 aliphatic rings. The Balaban J connectivity index is 4.20. The predicted octanol–water partition coefficient (Wildman–Crippen LogP) is 4.47. The first-order valence-electron chi connectivity index (χ1n) is 10.2. The summed E-state index contributed by atoms with van der Waals surface area (Å²) in [5.74, 6) is 0. The molecule has 4 heteroatoms. The molecule has 0 saturated heterocycles. The van der Waals surface area contributed by atoms with Crippen molar-refractivity contribution in [3.8, 4) is 0 Å². The van der Waals surface area contributed by atoms with Crippen LogP contribution >= 0.6 is 0 Å². The second-order valence-corrected chi connectivity index (χ2v) is 8.86. The zero-order chi connectivity index (χ0) is 21.4. The molecule has 1 aromatic carbocycles. The van der Waals surface area contributed by atoms with Gasteiger partial charge in [0.05, 0.1) is 22.4 Å². The molecular formula is C23H40O4. The standard InChI is InChI=1S/C23H40O4/c1-10-20(6,24)16-14-17(21(7,25)11-2)19(23(9,27)13-4)15(5)18(16)22(8,26)12-3/h14,24-27H,10-13H2,1-9H3. The first-order chi connectivity index (χ1) is 12.1. The van der Waals surface area contributed by atoms with Crippen molar-refractivity contribution in [3.63, 3.8) is 0 Å². The van der Waals surface area contributed by atoms with E-state index in [1.807, 2.05) is 34.6 Å². The van der Waals surface area contributed by atoms with Crippen LogP contribution < -0.4 is 0 Å². The Bertz CT molecular complexity index is 615. The zero-order valence-electron chi connectivity index (χ0n) is 18.7. The molecule has 0 aliphatic heterocycles. The van der Waals surface area contributed by atoms with E-state index in [2.05, 4.69) is 0 Å². The van der Waals surface area contributed by atoms with Gasteiger partial charge < -0.3 is 20.4 Å². The summed E-state index contributed by atoms with van der Waals surface area (Å²) in [6.45, 7) is 16.4. The van der Waals surface area contributed by atoms with Gasteiger partial charge in [-0.2, -0.15) is 0 Å². The molecule has 4 N–H and O–H groups in total. The minimum Gasteiger partial charge on any atom is -0.385 e. The van der Waals surface area contributed by atoms with Gasteiger partial charge in [-0.05, 0) is 94.2 Å². The minimum atomic E-state index is -1.16. The Kier molecular flexibility index (Phi) is 6.98. The summed E-state index contributed by atoms with van der Waals surface area (Å²) in [7, 11) is 0. The molecule has 0 heterocycles. The lowest BCUT2D eigenvalue weighted by Gasteiger charge is -2.40. The molecule has 0 aromatic heterocycles. The van der Waals surface area contributed by atoms with Crippen LogP contribution in [0.15, 0.2) is 6.07 Å². The van der Waals surface area contributed by atoms with Crippen LogP contribution in [0.3, 0.4) is 0 Å². The summed E-state index contributed by atoms with van der Waals surface area (Å²) in [6.07, 6.45) is 1.88. The largest absolute Gasteiger partial charge is 0.385 e. The third kappa shape index (κ3) is 4.40. The van der Waals surface area contributed by atoms with Crippen molar-refractivity contribution < 1.29 is 20.4 Å². The van der Waals surface area contributed by atoms with E-state index in [0.29, 0.717) is 47.9 Å². The van der Waals surface area contributed by atoms with Gasteiger partial charge in [-0.3, -0.25) is 0 Å². The quantitative estimate of drug-likeness (QED) is 0.536. The maximum absolute atomic E-state index is 11.2. The van der Waals surface area contributed by atoms with Crippen LogP contribution in [0.1, 0.15) is 109 Å². The van der Waals surface area contributed by atoms with Gasteiger partial charge in [-0.15, -0.1) is 0 Å². The Labute approximate surface area is 165 Å². The van der Waals surface area contributed by atoms with Crippen LogP contribution in [0.4, 0.5) is 0 Å². The van der Waals surface area contributed by atoms with Crippen molar-refractivity contribution >= 4 is 0 Å². The molecule has 1 aromatic rings. The van der Waals surface area contributed by atoms with E-state index in [1.54, 1.807) is 33.8 Å². The van der Waals surface area contributed by atoms with Crippen molar-refractivity contribution in [3.05, 3.63) is 33.9 Å². The SMILES string of the molecule is CCC(C)(O)c1cc(C(C)(O)CC)c(C(C)(O)CC)c(C)c1C(C)(O)CC. The first-order valence-corrected chi connectivity index (χ1v) is 10.2. The van der Waals surface area contributed by atoms with Crippen molar-refractivity contribution in [1.29, 1.82) is 0 Å². The summed E-state index contributed by atoms with van der Waals surface area (Å²) in [4.78, 5) is 0. The van der Waals surface area contributed by atoms with Gasteiger partial charge in [-0.25, -0.2) is 0 Å². The Morgan fingerprint density at radius 2 is 0.852 bits per heavy atom. The van der Waals surface area contributed by atoms with Crippen molar-refractivity contribution in [2.24, 2.45) is 0 Å². The molecular weight excluding hydrogens is 340 g/mol. The monoisotopic (exact) mass is 380 g/mol. The molecule has 0 saturated carbocycles. The van der Waals surface area contributed by atoms with E-state index in [4.69, 9.17) is 0 Å². The normalized spacial score (nSPS) is 21.1. The molecule has 1 rings (SSSR count). The van der Waals surface area contributed by atoms with Crippen LogP contribution in [0.5, 0.6) is 0 Å². The van der Waals surface area contributed by atoms with Gasteiger partial charge in [0.1, 0.15) is 0 Å². The Hall–Kier alpha value is -0.940. The lowest BCUT2D eigenvalue weighted by atomic mass is 9.70. The maximum atomic E-state index is 11.2. The summed E-state index contributed by atoms with van der Waals surface area (Å²) in [6, 6.07) is 1.80. The van der Waals surface area contributed by atoms with Crippen molar-refractivity contribution in [1.82, 2.24) is 0 Å². The Morgan fingerprint density at radius 3 is 1.07 bits per heavy atom. The second-order valence-electron chi connectivity index (χ2n) is 8.86. The third-order valence-corrected chi connectivity index (χ3v) is 6.57. The van der Waals surface area contributed by atoms with Gasteiger partial charge in [-0.1, -0.05) is 27.7 Å². The number of benzene rings is 1. The van der Waals surface area contributed by atoms with E-state index in [1.165, 1.54) is 0 Å². The minimum absolute atomic E-state index is 0.469. The van der Waals surface area contributed by atoms with Gasteiger partial charge in [0.15, 0.2) is 0 Å². The molecule has 0 spiro atoms. The van der Waals surface area contributed by atoms with E-state index in [-0.39, 0.29) is 0 Å². The fraction of sp³-hybridized carbons (Fsp3) is 0.739. The van der Waals surface area contributed by atoms with E-state index in [0.717, 1.165) is 5.56 Å². The summed E-state index contributed by atoms with van der Waals surface area (Å²) < 4.78 is 0. The summed E-state index contributed by atoms with van der Waals surface area (Å²) in [5, 5.41) is 44.6. The topological polar surface area (TPSA) is 80.9 Å². The highest BCUT2D eigenvalue weighted by Gasteiger charge is 2.41. The zero-order valence-corrected chi connectivity index (χ0v) is 18.7. The highest BCUT2D eigenvalue weighted by atomic mass is 16.3. The van der Waals surface area contributed by atoms with Crippen LogP contribution in [0, 0.1) is 6.92 Å². The van der Waals surface area contributed by atoms with E-state index >= 15 is 0 Å². The van der Waals surface area contributed by atoms with Gasteiger partial charge >= 0.3 is 0 Å². The van der Waals surface area contributed by atoms with Gasteiger partial charge in [0.2, 0.25) is 0 Å². The highest BCUT2D eigenvalue weighted by Crippen LogP contribution is 2.46. The molecule has 0 amide bonds. The third-order valence-electron chi connectivity index (χ3n) is 6.57. The summed E-state index contributed by atoms with van der Waals surface area (Å²) >= 11 is 0. The number of hydrogen-bond acceptors (Lipinski definition) is 4. The molecule has 156 valence electrons. The molecule has 4 atom stereocenters. The fourth-order valence-electron chi connectivity index (χ4n) is 3.79. The lowest BCUT2D eigenvalue weighted by molar-refractivity contribution is 0.0161. The van der Waals surface area contributed by atoms with Crippen LogP contribution in [-0.2, 0) is 22.4 Å². The molecule has 0 aliphatic carbocycles. The van der Waals surface area contributed by atoms with Crippen molar-refractivity contribution in [2.45, 2.75) is 110 Å². The fourth-order valence-corrected chi connectivity index (χ4v) is 3.79. The highest BCUT2D eigenvalue weighted by molar-refractivity contribution is 5.54. The molecule has 0 radical (unpaired) electrons. The first kappa shape index (κ1) is 24.1. The van der Waals surface area contributed by atoms with Crippen molar-refractivity contribution in [2.75, 3.05) is 0 Å². The average Bonchev–Trinajstić information content (AvgIpc) is 2.60. The smallest absolute Gasteiger partial charge is 0.0872 e. The Morgan fingerprint density at radius 1 is 0.593 bits per heavy atom. The molecule has 0 fully saturated rings. The van der Waals surface area contributed by atoms with Gasteiger partial charge in [0, 0.05) is 0 Å². The molecule has 4 nitrogen and oxygen atoms in total. The molecule has 4 unspecified atom stereocenters. The average molecular weight is 381 g/mol. The molecule has 27 heavy (non-hydrogen) atoms. The predicted molar refractivity (Wildman–Crippen MR) is 111 cm³/mol. The lowest BCUT2D eigenvalue weighted by Crippen LogP contribution is -2.36. The number of rotatable bonds is 8. The maximum Gasteiger partial charge on any atom is 0.0872 e. The number of hydrogen-bond donors (Lipinski definition) is 4. The van der Waals surface area contributed by atoms with Gasteiger partial charge in [0.25, 0.3) is 0 Å². The van der Waals surface area contributed by atoms with E-state index in [9.17, 15) is 20.4 Å². The second kappa shape index (κ2) is 7.82. The van der Waals surface area contributed by atoms with Crippen LogP contribution in [0.2, 0.25) is 0 Å². The number of aliphatic hydroxyl groups is 4. The van der Waals surface area contributed by atoms with Crippen LogP contribution in [-0.4, -0.2) is 20.4 Å².